The van der Waals surface area contributed by atoms with Crippen LogP contribution in [0.3, 0.4) is 0 Å². The lowest BCUT2D eigenvalue weighted by Gasteiger charge is -2.15. The second-order valence-electron chi connectivity index (χ2n) is 4.11. The zero-order valence-corrected chi connectivity index (χ0v) is 12.9. The van der Waals surface area contributed by atoms with Crippen LogP contribution in [-0.2, 0) is 12.8 Å². The molecule has 0 spiro atoms. The highest BCUT2D eigenvalue weighted by Crippen LogP contribution is 2.23. The van der Waals surface area contributed by atoms with Gasteiger partial charge in [-0.15, -0.1) is 11.3 Å². The van der Waals surface area contributed by atoms with Gasteiger partial charge in [0, 0.05) is 15.4 Å². The smallest absolute Gasteiger partial charge is 0.0931 e. The first-order chi connectivity index (χ1) is 8.67. The van der Waals surface area contributed by atoms with Crippen LogP contribution in [-0.4, -0.2) is 6.04 Å². The topological polar surface area (TPSA) is 38.0 Å². The van der Waals surface area contributed by atoms with Crippen LogP contribution in [0.15, 0.2) is 40.9 Å². The predicted molar refractivity (Wildman–Crippen MR) is 82.0 cm³/mol. The van der Waals surface area contributed by atoms with Crippen LogP contribution in [0.5, 0.6) is 0 Å². The van der Waals surface area contributed by atoms with Crippen LogP contribution in [0.4, 0.5) is 0 Å². The molecule has 2 rings (SSSR count). The molecule has 1 unspecified atom stereocenters. The summed E-state index contributed by atoms with van der Waals surface area (Å²) in [5.74, 6) is 5.62. The maximum Gasteiger partial charge on any atom is 0.0931 e. The SMILES string of the molecule is NNC(Cc1cccc(Br)c1)Cc1ccc(Cl)s1. The van der Waals surface area contributed by atoms with Crippen LogP contribution in [0, 0.1) is 0 Å². The Morgan fingerprint density at radius 3 is 2.72 bits per heavy atom. The quantitative estimate of drug-likeness (QED) is 0.639. The second kappa shape index (κ2) is 6.68. The first-order valence-electron chi connectivity index (χ1n) is 5.62. The first kappa shape index (κ1) is 14.0. The van der Waals surface area contributed by atoms with E-state index in [4.69, 9.17) is 17.4 Å². The van der Waals surface area contributed by atoms with Crippen LogP contribution in [0.2, 0.25) is 4.34 Å². The van der Waals surface area contributed by atoms with Crippen molar-refractivity contribution in [3.63, 3.8) is 0 Å². The molecule has 3 N–H and O–H groups in total. The third-order valence-corrected chi connectivity index (χ3v) is 4.43. The average Bonchev–Trinajstić information content (AvgIpc) is 2.74. The van der Waals surface area contributed by atoms with Gasteiger partial charge in [0.25, 0.3) is 0 Å². The summed E-state index contributed by atoms with van der Waals surface area (Å²) in [7, 11) is 0. The predicted octanol–water partition coefficient (Wildman–Crippen LogP) is 3.78. The molecule has 0 fully saturated rings. The Kier molecular flexibility index (Phi) is 5.21. The van der Waals surface area contributed by atoms with Gasteiger partial charge >= 0.3 is 0 Å². The van der Waals surface area contributed by atoms with Gasteiger partial charge in [-0.05, 0) is 42.7 Å². The third kappa shape index (κ3) is 4.07. The number of benzene rings is 1. The van der Waals surface area contributed by atoms with Crippen molar-refractivity contribution in [3.05, 3.63) is 55.6 Å². The molecule has 0 saturated heterocycles. The van der Waals surface area contributed by atoms with E-state index >= 15 is 0 Å². The van der Waals surface area contributed by atoms with Crippen LogP contribution >= 0.6 is 38.9 Å². The lowest BCUT2D eigenvalue weighted by Crippen LogP contribution is -2.38. The minimum atomic E-state index is 0.217. The van der Waals surface area contributed by atoms with Crippen molar-refractivity contribution >= 4 is 38.9 Å². The summed E-state index contributed by atoms with van der Waals surface area (Å²) in [6.07, 6.45) is 1.78. The number of hydrogen-bond acceptors (Lipinski definition) is 3. The molecule has 0 aliphatic carbocycles. The molecule has 0 radical (unpaired) electrons. The lowest BCUT2D eigenvalue weighted by atomic mass is 10.0. The van der Waals surface area contributed by atoms with E-state index in [2.05, 4.69) is 39.6 Å². The molecule has 2 nitrogen and oxygen atoms in total. The zero-order chi connectivity index (χ0) is 13.0. The highest BCUT2D eigenvalue weighted by atomic mass is 79.9. The van der Waals surface area contributed by atoms with E-state index in [9.17, 15) is 0 Å². The molecular weight excluding hydrogens is 332 g/mol. The molecule has 0 saturated carbocycles. The van der Waals surface area contributed by atoms with Gasteiger partial charge in [-0.1, -0.05) is 39.7 Å². The monoisotopic (exact) mass is 344 g/mol. The Hall–Kier alpha value is -0.390. The molecule has 0 aliphatic rings. The van der Waals surface area contributed by atoms with Gasteiger partial charge in [-0.3, -0.25) is 11.3 Å². The minimum absolute atomic E-state index is 0.217. The molecule has 18 heavy (non-hydrogen) atoms. The van der Waals surface area contributed by atoms with Crippen molar-refractivity contribution in [1.82, 2.24) is 5.43 Å². The first-order valence-corrected chi connectivity index (χ1v) is 7.61. The largest absolute Gasteiger partial charge is 0.271 e. The fraction of sp³-hybridized carbons (Fsp3) is 0.231. The van der Waals surface area contributed by atoms with Crippen molar-refractivity contribution < 1.29 is 0 Å². The van der Waals surface area contributed by atoms with Gasteiger partial charge in [0.15, 0.2) is 0 Å². The third-order valence-electron chi connectivity index (χ3n) is 2.68. The number of nitrogens with one attached hydrogen (secondary N) is 1. The highest BCUT2D eigenvalue weighted by Gasteiger charge is 2.10. The second-order valence-corrected chi connectivity index (χ2v) is 6.82. The Morgan fingerprint density at radius 2 is 2.11 bits per heavy atom. The van der Waals surface area contributed by atoms with Gasteiger partial charge in [0.1, 0.15) is 0 Å². The van der Waals surface area contributed by atoms with Gasteiger partial charge in [0.2, 0.25) is 0 Å². The molecule has 96 valence electrons. The van der Waals surface area contributed by atoms with E-state index in [1.165, 1.54) is 10.4 Å². The molecule has 0 bridgehead atoms. The molecule has 0 amide bonds. The van der Waals surface area contributed by atoms with Crippen molar-refractivity contribution in [1.29, 1.82) is 0 Å². The fourth-order valence-corrected chi connectivity index (χ4v) is 3.46. The number of hydrogen-bond donors (Lipinski definition) is 2. The van der Waals surface area contributed by atoms with Crippen molar-refractivity contribution in [2.45, 2.75) is 18.9 Å². The summed E-state index contributed by atoms with van der Waals surface area (Å²) >= 11 is 11.0. The zero-order valence-electron chi connectivity index (χ0n) is 9.70. The maximum atomic E-state index is 5.93. The lowest BCUT2D eigenvalue weighted by molar-refractivity contribution is 0.525. The molecule has 1 atom stereocenters. The van der Waals surface area contributed by atoms with Gasteiger partial charge in [-0.25, -0.2) is 0 Å². The van der Waals surface area contributed by atoms with Crippen LogP contribution < -0.4 is 11.3 Å². The average molecular weight is 346 g/mol. The normalized spacial score (nSPS) is 12.6. The molecule has 2 aromatic rings. The van der Waals surface area contributed by atoms with Gasteiger partial charge in [0.05, 0.1) is 4.34 Å². The summed E-state index contributed by atoms with van der Waals surface area (Å²) in [4.78, 5) is 1.25. The summed E-state index contributed by atoms with van der Waals surface area (Å²) in [5.41, 5.74) is 4.14. The Morgan fingerprint density at radius 1 is 1.28 bits per heavy atom. The number of halogens is 2. The van der Waals surface area contributed by atoms with E-state index < -0.39 is 0 Å². The van der Waals surface area contributed by atoms with E-state index in [0.717, 1.165) is 21.7 Å². The van der Waals surface area contributed by atoms with Crippen LogP contribution in [0.25, 0.3) is 0 Å². The molecule has 5 heteroatoms. The van der Waals surface area contributed by atoms with Gasteiger partial charge in [-0.2, -0.15) is 0 Å². The summed E-state index contributed by atoms with van der Waals surface area (Å²) in [6, 6.07) is 12.5. The van der Waals surface area contributed by atoms with Crippen molar-refractivity contribution in [3.8, 4) is 0 Å². The van der Waals surface area contributed by atoms with E-state index in [-0.39, 0.29) is 6.04 Å². The van der Waals surface area contributed by atoms with E-state index in [0.29, 0.717) is 0 Å². The minimum Gasteiger partial charge on any atom is -0.271 e. The fourth-order valence-electron chi connectivity index (χ4n) is 1.84. The molecular formula is C13H14BrClN2S. The number of nitrogens with two attached hydrogens (primary N) is 1. The Bertz CT molecular complexity index is 515. The van der Waals surface area contributed by atoms with E-state index in [1.807, 2.05) is 18.2 Å². The number of hydrazine groups is 1. The standard InChI is InChI=1S/C13H14BrClN2S/c14-10-3-1-2-9(6-10)7-11(17-16)8-12-4-5-13(15)18-12/h1-6,11,17H,7-8,16H2. The summed E-state index contributed by atoms with van der Waals surface area (Å²) in [5, 5.41) is 0. The maximum absolute atomic E-state index is 5.93. The number of thiophene rings is 1. The summed E-state index contributed by atoms with van der Waals surface area (Å²) in [6.45, 7) is 0. The Balaban J connectivity index is 2.01. The molecule has 1 aromatic heterocycles. The number of rotatable bonds is 5. The van der Waals surface area contributed by atoms with Crippen molar-refractivity contribution in [2.75, 3.05) is 0 Å². The molecule has 0 aliphatic heterocycles. The van der Waals surface area contributed by atoms with E-state index in [1.54, 1.807) is 11.3 Å². The Labute approximate surface area is 124 Å². The molecule has 1 heterocycles. The highest BCUT2D eigenvalue weighted by molar-refractivity contribution is 9.10. The molecule has 1 aromatic carbocycles. The van der Waals surface area contributed by atoms with Crippen LogP contribution in [0.1, 0.15) is 10.4 Å². The van der Waals surface area contributed by atoms with Gasteiger partial charge < -0.3 is 0 Å². The van der Waals surface area contributed by atoms with Crippen molar-refractivity contribution in [2.24, 2.45) is 5.84 Å². The summed E-state index contributed by atoms with van der Waals surface area (Å²) < 4.78 is 1.91.